The Labute approximate surface area is 653 Å². The molecule has 0 unspecified atom stereocenters. The van der Waals surface area contributed by atoms with Crippen molar-refractivity contribution >= 4 is 61.7 Å². The highest BCUT2D eigenvalue weighted by Gasteiger charge is 2.15. The lowest BCUT2D eigenvalue weighted by Gasteiger charge is -2.10. The van der Waals surface area contributed by atoms with E-state index in [0.29, 0.717) is 0 Å². The van der Waals surface area contributed by atoms with Gasteiger partial charge >= 0.3 is 0 Å². The molecule has 0 radical (unpaired) electrons. The molecule has 0 spiro atoms. The van der Waals surface area contributed by atoms with Crippen molar-refractivity contribution in [1.29, 1.82) is 5.41 Å². The van der Waals surface area contributed by atoms with Gasteiger partial charge in [-0.2, -0.15) is 0 Å². The second-order valence-electron chi connectivity index (χ2n) is 24.7. The third-order valence-electron chi connectivity index (χ3n) is 17.2. The average molecular weight is 1540 g/mol. The lowest BCUT2D eigenvalue weighted by Crippen LogP contribution is -2.10. The Balaban J connectivity index is 0.000000132. The molecule has 0 atom stereocenters. The summed E-state index contributed by atoms with van der Waals surface area (Å²) in [6, 6.07) is 127. The molecule has 16 rings (SSSR count). The number of hydrogen-bond donors (Lipinski definition) is 2. The number of carbonyl (C=O) groups is 1. The number of nitrogens with two attached hydrogens (primary N) is 1. The van der Waals surface area contributed by atoms with Crippen LogP contribution in [0.25, 0.3) is 131 Å². The first-order chi connectivity index (χ1) is 53.5. The van der Waals surface area contributed by atoms with E-state index in [1.54, 1.807) is 18.2 Å². The number of allylic oxidation sites excluding steroid dienone is 1. The quantitative estimate of drug-likeness (QED) is 0.0421. The molecular formula is C98H74Br2N8O. The van der Waals surface area contributed by atoms with Crippen molar-refractivity contribution in [3.63, 3.8) is 0 Å². The Morgan fingerprint density at radius 2 is 0.514 bits per heavy atom. The molecule has 0 amide bonds. The number of nitrogen functional groups attached to an aromatic ring is 1. The van der Waals surface area contributed by atoms with Crippen LogP contribution in [0, 0.1) is 5.41 Å². The summed E-state index contributed by atoms with van der Waals surface area (Å²) in [5, 5.41) is 7.07. The van der Waals surface area contributed by atoms with Crippen molar-refractivity contribution in [2.24, 2.45) is 5.73 Å². The zero-order valence-corrected chi connectivity index (χ0v) is 62.7. The minimum absolute atomic E-state index is 0.0319. The number of rotatable bonds is 16. The van der Waals surface area contributed by atoms with Gasteiger partial charge in [0.2, 0.25) is 0 Å². The number of halogens is 2. The number of aromatic nitrogens is 6. The average Bonchev–Trinajstić information content (AvgIpc) is 0.810. The molecule has 0 bridgehead atoms. The highest BCUT2D eigenvalue weighted by atomic mass is 79.9. The summed E-state index contributed by atoms with van der Waals surface area (Å²) in [6.07, 6.45) is 7.12. The maximum absolute atomic E-state index is 11.7. The number of amidine groups is 1. The maximum atomic E-state index is 11.7. The first kappa shape index (κ1) is 75.1. The number of nitrogens with zero attached hydrogens (tertiary/aromatic N) is 6. The predicted octanol–water partition coefficient (Wildman–Crippen LogP) is 25.5. The van der Waals surface area contributed by atoms with Crippen LogP contribution in [-0.4, -0.2) is 41.5 Å². The molecule has 3 heterocycles. The first-order valence-corrected chi connectivity index (χ1v) is 36.8. The molecule has 109 heavy (non-hydrogen) atoms. The van der Waals surface area contributed by atoms with Crippen LogP contribution in [0.2, 0.25) is 0 Å². The largest absolute Gasteiger partial charge is 0.384 e. The lowest BCUT2D eigenvalue weighted by atomic mass is 10.0. The number of hydrogen-bond acceptors (Lipinski definition) is 8. The zero-order chi connectivity index (χ0) is 75.4. The van der Waals surface area contributed by atoms with Gasteiger partial charge in [-0.05, 0) is 76.4 Å². The predicted molar refractivity (Wildman–Crippen MR) is 460 cm³/mol. The van der Waals surface area contributed by atoms with Crippen LogP contribution in [0.1, 0.15) is 32.6 Å². The van der Waals surface area contributed by atoms with E-state index in [-0.39, 0.29) is 11.6 Å². The van der Waals surface area contributed by atoms with Gasteiger partial charge < -0.3 is 5.73 Å². The van der Waals surface area contributed by atoms with Crippen molar-refractivity contribution in [2.75, 3.05) is 0 Å². The highest BCUT2D eigenvalue weighted by molar-refractivity contribution is 9.10. The molecule has 0 fully saturated rings. The minimum atomic E-state index is 0.0319. The molecule has 16 aromatic rings. The normalized spacial score (nSPS) is 10.4. The summed E-state index contributed by atoms with van der Waals surface area (Å²) in [7, 11) is 0. The van der Waals surface area contributed by atoms with Crippen LogP contribution in [0.4, 0.5) is 0 Å². The van der Waals surface area contributed by atoms with Gasteiger partial charge in [-0.25, -0.2) is 29.9 Å². The van der Waals surface area contributed by atoms with Crippen molar-refractivity contribution in [2.45, 2.75) is 0 Å². The van der Waals surface area contributed by atoms with E-state index < -0.39 is 0 Å². The Morgan fingerprint density at radius 3 is 0.798 bits per heavy atom. The summed E-state index contributed by atoms with van der Waals surface area (Å²) in [6.45, 7) is 7.63. The fourth-order valence-corrected chi connectivity index (χ4v) is 11.9. The maximum Gasteiger partial charge on any atom is 0.185 e. The number of nitrogens with one attached hydrogen (secondary N) is 1. The van der Waals surface area contributed by atoms with Gasteiger partial charge in [0.25, 0.3) is 0 Å². The molecule has 9 nitrogen and oxygen atoms in total. The monoisotopic (exact) mass is 1540 g/mol. The van der Waals surface area contributed by atoms with Crippen LogP contribution in [0.15, 0.2) is 410 Å². The number of ketones is 1. The van der Waals surface area contributed by atoms with Gasteiger partial charge in [0.05, 0.1) is 34.2 Å². The first-order valence-electron chi connectivity index (χ1n) is 35.2. The molecule has 0 saturated carbocycles. The molecule has 526 valence electrons. The summed E-state index contributed by atoms with van der Waals surface area (Å²) in [5.41, 5.74) is 27.2. The van der Waals surface area contributed by atoms with Gasteiger partial charge in [0, 0.05) is 70.1 Å². The second kappa shape index (κ2) is 38.4. The summed E-state index contributed by atoms with van der Waals surface area (Å²) in [4.78, 5) is 40.8. The smallest absolute Gasteiger partial charge is 0.185 e. The van der Waals surface area contributed by atoms with Crippen molar-refractivity contribution < 1.29 is 4.79 Å². The van der Waals surface area contributed by atoms with Gasteiger partial charge in [-0.1, -0.05) is 403 Å². The fourth-order valence-electron chi connectivity index (χ4n) is 11.3. The Hall–Kier alpha value is -13.6. The van der Waals surface area contributed by atoms with Gasteiger partial charge in [-0.15, -0.1) is 0 Å². The SMILES string of the molecule is Brc1ccc(-c2nc(-c3ccccc3)cc(-c3ccccc3)n2)cc1.C=Cc1ccc(-c2ccc(-c3nc(-c4ccccc4)cc(-c4ccccc4)n3)cc2)cc1.C=Cc1ccc(-c2nc(-c3ccccc3)cc(-c3ccccc3)n2)cc1.N=C(N)c1ccc(Br)cc1.O=C(/C=C/c1ccccc1)c1ccccc1. The van der Waals surface area contributed by atoms with E-state index in [2.05, 4.69) is 172 Å². The fraction of sp³-hybridized carbons (Fsp3) is 0. The van der Waals surface area contributed by atoms with Crippen LogP contribution in [0.5, 0.6) is 0 Å². The molecule has 0 aliphatic heterocycles. The lowest BCUT2D eigenvalue weighted by molar-refractivity contribution is 0.104. The molecule has 3 aromatic heterocycles. The summed E-state index contributed by atoms with van der Waals surface area (Å²) in [5.74, 6) is 2.31. The van der Waals surface area contributed by atoms with E-state index in [1.807, 2.05) is 261 Å². The van der Waals surface area contributed by atoms with Crippen molar-refractivity contribution in [3.8, 4) is 113 Å². The Bertz CT molecular complexity index is 5460. The van der Waals surface area contributed by atoms with Crippen molar-refractivity contribution in [1.82, 2.24) is 29.9 Å². The topological polar surface area (TPSA) is 144 Å². The minimum Gasteiger partial charge on any atom is -0.384 e. The highest BCUT2D eigenvalue weighted by Crippen LogP contribution is 2.33. The molecule has 3 N–H and O–H groups in total. The second-order valence-corrected chi connectivity index (χ2v) is 26.5. The third-order valence-corrected chi connectivity index (χ3v) is 18.2. The van der Waals surface area contributed by atoms with Crippen LogP contribution in [-0.2, 0) is 0 Å². The molecule has 0 saturated heterocycles. The van der Waals surface area contributed by atoms with E-state index in [1.165, 1.54) is 5.56 Å². The van der Waals surface area contributed by atoms with E-state index in [0.717, 1.165) is 144 Å². The third kappa shape index (κ3) is 21.6. The van der Waals surface area contributed by atoms with E-state index in [9.17, 15) is 4.79 Å². The van der Waals surface area contributed by atoms with Crippen molar-refractivity contribution in [3.05, 3.63) is 438 Å². The molecule has 11 heteroatoms. The Kier molecular flexibility index (Phi) is 26.5. The summed E-state index contributed by atoms with van der Waals surface area (Å²) < 4.78 is 2.04. The van der Waals surface area contributed by atoms with Gasteiger partial charge in [0.1, 0.15) is 5.84 Å². The Morgan fingerprint density at radius 1 is 0.275 bits per heavy atom. The van der Waals surface area contributed by atoms with Crippen LogP contribution >= 0.6 is 31.9 Å². The molecular weight excluding hydrogens is 1460 g/mol. The summed E-state index contributed by atoms with van der Waals surface area (Å²) >= 11 is 6.76. The molecule has 0 aliphatic carbocycles. The van der Waals surface area contributed by atoms with Crippen LogP contribution < -0.4 is 5.73 Å². The van der Waals surface area contributed by atoms with E-state index >= 15 is 0 Å². The van der Waals surface area contributed by atoms with Gasteiger partial charge in [0.15, 0.2) is 23.3 Å². The standard InChI is InChI=1S/C30H22N2.C24H18N2.C22H15BrN2.C15H12O.C7H7BrN2/c1-2-22-13-15-23(16-14-22)24-17-19-27(20-18-24)30-31-28(25-9-5-3-6-10-25)21-29(32-30)26-11-7-4-8-12-26;1-2-18-13-15-21(16-14-18)24-25-22(19-9-5-3-6-10-19)17-23(26-24)20-11-7-4-8-12-20;23-19-13-11-18(12-14-19)22-24-20(16-7-3-1-4-8-16)15-21(25-22)17-9-5-2-6-10-17;16-15(14-9-5-2-6-10-14)12-11-13-7-3-1-4-8-13;8-6-3-1-5(2-4-6)7(9)10/h2-21H,1H2;2-17H,1H2;1-15H;1-12H;1-4H,(H3,9,10)/b;;;12-11+;. The number of carbonyl (C=O) groups excluding carboxylic acids is 1. The van der Waals surface area contributed by atoms with E-state index in [4.69, 9.17) is 41.0 Å². The molecule has 0 aliphatic rings. The van der Waals surface area contributed by atoms with Crippen LogP contribution in [0.3, 0.4) is 0 Å². The zero-order valence-electron chi connectivity index (χ0n) is 59.5. The molecule has 13 aromatic carbocycles. The van der Waals surface area contributed by atoms with Gasteiger partial charge in [-0.3, -0.25) is 10.2 Å². The number of benzene rings is 13.